The Labute approximate surface area is 70.3 Å². The molecular weight excluding hydrogens is 192 g/mol. The lowest BCUT2D eigenvalue weighted by Crippen LogP contribution is -1.76. The molecule has 0 saturated heterocycles. The molecule has 0 atom stereocenters. The first kappa shape index (κ1) is 9.71. The summed E-state index contributed by atoms with van der Waals surface area (Å²) < 4.78 is 0. The van der Waals surface area contributed by atoms with E-state index in [0.717, 1.165) is 30.9 Å². The Bertz CT molecular complexity index is 132. The molecule has 0 unspecified atom stereocenters. The minimum Gasteiger partial charge on any atom is -0.303 e. The first-order valence-electron chi connectivity index (χ1n) is 3.37. The van der Waals surface area contributed by atoms with Crippen molar-refractivity contribution in [3.8, 4) is 11.8 Å². The van der Waals surface area contributed by atoms with Crippen LogP contribution in [0.25, 0.3) is 0 Å². The van der Waals surface area contributed by atoms with Gasteiger partial charge in [0, 0.05) is 12.8 Å². The molecule has 0 rings (SSSR count). The molecule has 0 heterocycles. The van der Waals surface area contributed by atoms with E-state index in [9.17, 15) is 4.79 Å². The third kappa shape index (κ3) is 7.71. The number of carbonyl (C=O) groups is 1. The zero-order valence-electron chi connectivity index (χ0n) is 5.90. The molecule has 0 aromatic carbocycles. The standard InChI is InChI=1S/C8H11BrO/c9-7-5-3-1-2-4-6-8-10/h8H,1-2,4,6-7H2. The summed E-state index contributed by atoms with van der Waals surface area (Å²) in [6.07, 6.45) is 4.56. The summed E-state index contributed by atoms with van der Waals surface area (Å²) in [5.74, 6) is 5.88. The highest BCUT2D eigenvalue weighted by atomic mass is 79.9. The summed E-state index contributed by atoms with van der Waals surface area (Å²) in [5.41, 5.74) is 0. The topological polar surface area (TPSA) is 17.1 Å². The van der Waals surface area contributed by atoms with Gasteiger partial charge in [0.05, 0.1) is 5.33 Å². The Morgan fingerprint density at radius 1 is 1.30 bits per heavy atom. The summed E-state index contributed by atoms with van der Waals surface area (Å²) in [4.78, 5) is 9.85. The minimum atomic E-state index is 0.677. The highest BCUT2D eigenvalue weighted by Gasteiger charge is 1.82. The van der Waals surface area contributed by atoms with Crippen LogP contribution in [0.4, 0.5) is 0 Å². The van der Waals surface area contributed by atoms with Crippen LogP contribution < -0.4 is 0 Å². The van der Waals surface area contributed by atoms with Crippen LogP contribution in [0.3, 0.4) is 0 Å². The number of unbranched alkanes of at least 4 members (excludes halogenated alkanes) is 3. The van der Waals surface area contributed by atoms with Crippen molar-refractivity contribution in [2.45, 2.75) is 25.7 Å². The van der Waals surface area contributed by atoms with Gasteiger partial charge >= 0.3 is 0 Å². The van der Waals surface area contributed by atoms with E-state index < -0.39 is 0 Å². The molecule has 0 aliphatic rings. The zero-order valence-corrected chi connectivity index (χ0v) is 7.49. The Morgan fingerprint density at radius 2 is 2.10 bits per heavy atom. The molecule has 0 bridgehead atoms. The summed E-state index contributed by atoms with van der Waals surface area (Å²) in [7, 11) is 0. The number of hydrogen-bond acceptors (Lipinski definition) is 1. The van der Waals surface area contributed by atoms with E-state index in [0.29, 0.717) is 6.42 Å². The number of alkyl halides is 1. The molecule has 0 amide bonds. The van der Waals surface area contributed by atoms with Gasteiger partial charge in [-0.1, -0.05) is 21.9 Å². The van der Waals surface area contributed by atoms with Crippen LogP contribution in [-0.4, -0.2) is 11.6 Å². The summed E-state index contributed by atoms with van der Waals surface area (Å²) >= 11 is 3.20. The van der Waals surface area contributed by atoms with Gasteiger partial charge < -0.3 is 4.79 Å². The van der Waals surface area contributed by atoms with Crippen molar-refractivity contribution in [3.63, 3.8) is 0 Å². The van der Waals surface area contributed by atoms with E-state index in [-0.39, 0.29) is 0 Å². The largest absolute Gasteiger partial charge is 0.303 e. The van der Waals surface area contributed by atoms with Gasteiger partial charge in [0.2, 0.25) is 0 Å². The van der Waals surface area contributed by atoms with Crippen LogP contribution in [0.1, 0.15) is 25.7 Å². The second kappa shape index (κ2) is 8.71. The van der Waals surface area contributed by atoms with Gasteiger partial charge in [-0.05, 0) is 12.8 Å². The first-order chi connectivity index (χ1) is 4.91. The highest BCUT2D eigenvalue weighted by Crippen LogP contribution is 1.95. The van der Waals surface area contributed by atoms with Crippen LogP contribution in [0.15, 0.2) is 0 Å². The molecular formula is C8H11BrO. The lowest BCUT2D eigenvalue weighted by molar-refractivity contribution is -0.107. The molecule has 0 radical (unpaired) electrons. The second-order valence-electron chi connectivity index (χ2n) is 1.90. The first-order valence-corrected chi connectivity index (χ1v) is 4.49. The quantitative estimate of drug-likeness (QED) is 0.296. The SMILES string of the molecule is O=CCCCCC#CCBr. The molecule has 0 aromatic rings. The Balaban J connectivity index is 2.97. The molecule has 0 N–H and O–H groups in total. The number of carbonyl (C=O) groups excluding carboxylic acids is 1. The minimum absolute atomic E-state index is 0.677. The lowest BCUT2D eigenvalue weighted by atomic mass is 10.2. The van der Waals surface area contributed by atoms with Crippen LogP contribution in [0, 0.1) is 11.8 Å². The van der Waals surface area contributed by atoms with E-state index in [4.69, 9.17) is 0 Å². The smallest absolute Gasteiger partial charge is 0.119 e. The molecule has 10 heavy (non-hydrogen) atoms. The molecule has 0 aliphatic carbocycles. The van der Waals surface area contributed by atoms with Gasteiger partial charge in [-0.25, -0.2) is 0 Å². The molecule has 56 valence electrons. The van der Waals surface area contributed by atoms with Crippen molar-refractivity contribution < 1.29 is 4.79 Å². The molecule has 2 heteroatoms. The average Bonchev–Trinajstić information content (AvgIpc) is 1.97. The number of hydrogen-bond donors (Lipinski definition) is 0. The van der Waals surface area contributed by atoms with Crippen LogP contribution in [0.5, 0.6) is 0 Å². The summed E-state index contributed by atoms with van der Waals surface area (Å²) in [6.45, 7) is 0. The van der Waals surface area contributed by atoms with E-state index >= 15 is 0 Å². The van der Waals surface area contributed by atoms with E-state index in [1.807, 2.05) is 0 Å². The maximum absolute atomic E-state index is 9.85. The third-order valence-corrected chi connectivity index (χ3v) is 1.35. The third-order valence-electron chi connectivity index (χ3n) is 1.07. The Morgan fingerprint density at radius 3 is 2.70 bits per heavy atom. The average molecular weight is 203 g/mol. The Hall–Kier alpha value is -0.290. The van der Waals surface area contributed by atoms with Gasteiger partial charge in [-0.2, -0.15) is 0 Å². The van der Waals surface area contributed by atoms with Crippen molar-refractivity contribution in [2.75, 3.05) is 5.33 Å². The molecule has 1 nitrogen and oxygen atoms in total. The van der Waals surface area contributed by atoms with Crippen molar-refractivity contribution >= 4 is 22.2 Å². The van der Waals surface area contributed by atoms with Gasteiger partial charge in [0.1, 0.15) is 6.29 Å². The molecule has 0 aromatic heterocycles. The fraction of sp³-hybridized carbons (Fsp3) is 0.625. The van der Waals surface area contributed by atoms with Crippen LogP contribution in [0.2, 0.25) is 0 Å². The van der Waals surface area contributed by atoms with Gasteiger partial charge in [-0.3, -0.25) is 0 Å². The van der Waals surface area contributed by atoms with E-state index in [1.165, 1.54) is 0 Å². The second-order valence-corrected chi connectivity index (χ2v) is 2.46. The summed E-state index contributed by atoms with van der Waals surface area (Å²) in [6, 6.07) is 0. The van der Waals surface area contributed by atoms with Crippen molar-refractivity contribution in [1.82, 2.24) is 0 Å². The van der Waals surface area contributed by atoms with E-state index in [1.54, 1.807) is 0 Å². The fourth-order valence-electron chi connectivity index (χ4n) is 0.577. The monoisotopic (exact) mass is 202 g/mol. The highest BCUT2D eigenvalue weighted by molar-refractivity contribution is 9.09. The molecule has 0 fully saturated rings. The van der Waals surface area contributed by atoms with Crippen LogP contribution >= 0.6 is 15.9 Å². The predicted octanol–water partition coefficient (Wildman–Crippen LogP) is 2.14. The normalized spacial score (nSPS) is 8.10. The molecule has 0 aliphatic heterocycles. The number of aldehydes is 1. The lowest BCUT2D eigenvalue weighted by Gasteiger charge is -1.86. The van der Waals surface area contributed by atoms with E-state index in [2.05, 4.69) is 27.8 Å². The number of halogens is 1. The maximum atomic E-state index is 9.85. The van der Waals surface area contributed by atoms with Gasteiger partial charge in [0.25, 0.3) is 0 Å². The zero-order chi connectivity index (χ0) is 7.66. The summed E-state index contributed by atoms with van der Waals surface area (Å²) in [5, 5.41) is 0.751. The van der Waals surface area contributed by atoms with Crippen molar-refractivity contribution in [2.24, 2.45) is 0 Å². The van der Waals surface area contributed by atoms with Gasteiger partial charge in [0.15, 0.2) is 0 Å². The van der Waals surface area contributed by atoms with Crippen LogP contribution in [-0.2, 0) is 4.79 Å². The fourth-order valence-corrected chi connectivity index (χ4v) is 0.775. The molecule has 0 spiro atoms. The van der Waals surface area contributed by atoms with Crippen molar-refractivity contribution in [1.29, 1.82) is 0 Å². The predicted molar refractivity (Wildman–Crippen MR) is 46.1 cm³/mol. The molecule has 0 saturated carbocycles. The van der Waals surface area contributed by atoms with Gasteiger partial charge in [-0.15, -0.1) is 5.92 Å². The Kier molecular flexibility index (Phi) is 8.46. The maximum Gasteiger partial charge on any atom is 0.119 e. The number of rotatable bonds is 4. The van der Waals surface area contributed by atoms with Crippen molar-refractivity contribution in [3.05, 3.63) is 0 Å².